The third-order valence-corrected chi connectivity index (χ3v) is 5.16. The van der Waals surface area contributed by atoms with E-state index in [1.54, 1.807) is 61.7 Å². The van der Waals surface area contributed by atoms with Gasteiger partial charge in [0.1, 0.15) is 23.6 Å². The van der Waals surface area contributed by atoms with E-state index in [-0.39, 0.29) is 19.4 Å². The van der Waals surface area contributed by atoms with Crippen molar-refractivity contribution < 1.29 is 34.1 Å². The summed E-state index contributed by atoms with van der Waals surface area (Å²) >= 11 is 0. The molecule has 0 bridgehead atoms. The van der Waals surface area contributed by atoms with E-state index in [1.807, 2.05) is 0 Å². The first kappa shape index (κ1) is 21.2. The third-order valence-electron chi connectivity index (χ3n) is 5.16. The van der Waals surface area contributed by atoms with Crippen molar-refractivity contribution in [2.75, 3.05) is 13.7 Å². The summed E-state index contributed by atoms with van der Waals surface area (Å²) in [6.07, 6.45) is 0.219. The van der Waals surface area contributed by atoms with E-state index in [1.165, 1.54) is 0 Å². The van der Waals surface area contributed by atoms with Gasteiger partial charge in [-0.2, -0.15) is 0 Å². The van der Waals surface area contributed by atoms with Gasteiger partial charge in [0.2, 0.25) is 5.91 Å². The topological polar surface area (TPSA) is 113 Å². The van der Waals surface area contributed by atoms with Gasteiger partial charge in [-0.05, 0) is 36.2 Å². The quantitative estimate of drug-likeness (QED) is 0.573. The maximum atomic E-state index is 12.7. The molecule has 1 unspecified atom stereocenters. The third kappa shape index (κ3) is 4.53. The number of likely N-dealkylation sites (tertiary alicyclic amines) is 1. The van der Waals surface area contributed by atoms with Crippen molar-refractivity contribution in [1.82, 2.24) is 4.90 Å². The first-order valence-corrected chi connectivity index (χ1v) is 9.51. The van der Waals surface area contributed by atoms with Crippen molar-refractivity contribution in [3.05, 3.63) is 60.2 Å². The standard InChI is InChI=1S/C22H23NO7/c1-29-15-7-9-16(10-8-15)30-12-11-17-19(22(27)28)23(20(17)24)18(21(25)26)13-14-5-3-2-4-6-14/h2-10,17-19H,11-13H2,1H3,(H,25,26)(H,27,28)/t17-,18?,19-/m1/s1. The molecule has 1 aliphatic rings. The number of carbonyl (C=O) groups excluding carboxylic acids is 1. The van der Waals surface area contributed by atoms with Crippen molar-refractivity contribution in [3.63, 3.8) is 0 Å². The van der Waals surface area contributed by atoms with Crippen molar-refractivity contribution in [3.8, 4) is 11.5 Å². The lowest BCUT2D eigenvalue weighted by molar-refractivity contribution is -0.180. The predicted octanol–water partition coefficient (Wildman–Crippen LogP) is 2.07. The molecule has 1 amide bonds. The molecule has 2 aromatic carbocycles. The number of rotatable bonds is 10. The van der Waals surface area contributed by atoms with Gasteiger partial charge in [0.15, 0.2) is 0 Å². The van der Waals surface area contributed by atoms with Crippen LogP contribution in [0.5, 0.6) is 11.5 Å². The van der Waals surface area contributed by atoms with E-state index in [2.05, 4.69) is 0 Å². The minimum absolute atomic E-state index is 0.0424. The largest absolute Gasteiger partial charge is 0.497 e. The van der Waals surface area contributed by atoms with Crippen LogP contribution in [-0.4, -0.2) is 58.8 Å². The molecule has 2 aromatic rings. The highest BCUT2D eigenvalue weighted by Crippen LogP contribution is 2.33. The molecule has 0 aliphatic carbocycles. The smallest absolute Gasteiger partial charge is 0.327 e. The zero-order valence-corrected chi connectivity index (χ0v) is 16.4. The molecule has 1 aliphatic heterocycles. The number of hydrogen-bond donors (Lipinski definition) is 2. The second-order valence-corrected chi connectivity index (χ2v) is 6.99. The molecule has 1 heterocycles. The van der Waals surface area contributed by atoms with Crippen LogP contribution in [0.3, 0.4) is 0 Å². The first-order chi connectivity index (χ1) is 14.4. The zero-order chi connectivity index (χ0) is 21.7. The number of hydrogen-bond acceptors (Lipinski definition) is 5. The van der Waals surface area contributed by atoms with Crippen LogP contribution in [0.1, 0.15) is 12.0 Å². The summed E-state index contributed by atoms with van der Waals surface area (Å²) in [7, 11) is 1.55. The summed E-state index contributed by atoms with van der Waals surface area (Å²) in [5, 5.41) is 19.2. The Morgan fingerprint density at radius 3 is 2.23 bits per heavy atom. The Hall–Kier alpha value is -3.55. The molecule has 3 rings (SSSR count). The summed E-state index contributed by atoms with van der Waals surface area (Å²) < 4.78 is 10.7. The summed E-state index contributed by atoms with van der Waals surface area (Å²) in [5.74, 6) is -2.51. The Bertz CT molecular complexity index is 897. The molecule has 0 saturated carbocycles. The number of benzene rings is 2. The predicted molar refractivity (Wildman–Crippen MR) is 106 cm³/mol. The monoisotopic (exact) mass is 413 g/mol. The van der Waals surface area contributed by atoms with E-state index in [4.69, 9.17) is 9.47 Å². The highest BCUT2D eigenvalue weighted by atomic mass is 16.5. The molecule has 8 nitrogen and oxygen atoms in total. The Labute approximate surface area is 173 Å². The van der Waals surface area contributed by atoms with Crippen LogP contribution in [0.25, 0.3) is 0 Å². The van der Waals surface area contributed by atoms with Gasteiger partial charge in [-0.25, -0.2) is 9.59 Å². The molecule has 0 aromatic heterocycles. The minimum atomic E-state index is -1.24. The molecule has 2 N–H and O–H groups in total. The van der Waals surface area contributed by atoms with Gasteiger partial charge in [-0.15, -0.1) is 0 Å². The lowest BCUT2D eigenvalue weighted by atomic mass is 9.82. The average Bonchev–Trinajstić information content (AvgIpc) is 2.74. The second kappa shape index (κ2) is 9.30. The van der Waals surface area contributed by atoms with Crippen LogP contribution in [0.15, 0.2) is 54.6 Å². The van der Waals surface area contributed by atoms with Gasteiger partial charge in [-0.1, -0.05) is 30.3 Å². The van der Waals surface area contributed by atoms with Crippen LogP contribution in [0.4, 0.5) is 0 Å². The van der Waals surface area contributed by atoms with Crippen molar-refractivity contribution in [1.29, 1.82) is 0 Å². The fourth-order valence-electron chi connectivity index (χ4n) is 3.61. The molecule has 158 valence electrons. The molecule has 3 atom stereocenters. The van der Waals surface area contributed by atoms with Crippen molar-refractivity contribution in [2.24, 2.45) is 5.92 Å². The number of carbonyl (C=O) groups is 3. The number of nitrogens with zero attached hydrogens (tertiary/aromatic N) is 1. The maximum Gasteiger partial charge on any atom is 0.327 e. The molecule has 1 fully saturated rings. The van der Waals surface area contributed by atoms with Crippen LogP contribution in [-0.2, 0) is 20.8 Å². The molecule has 30 heavy (non-hydrogen) atoms. The lowest BCUT2D eigenvalue weighted by Crippen LogP contribution is -2.69. The Morgan fingerprint density at radius 1 is 1.03 bits per heavy atom. The number of carboxylic acid groups (broad SMARTS) is 2. The van der Waals surface area contributed by atoms with Gasteiger partial charge in [0.25, 0.3) is 0 Å². The van der Waals surface area contributed by atoms with Crippen LogP contribution >= 0.6 is 0 Å². The van der Waals surface area contributed by atoms with Crippen LogP contribution in [0, 0.1) is 5.92 Å². The van der Waals surface area contributed by atoms with E-state index < -0.39 is 35.8 Å². The fraction of sp³-hybridized carbons (Fsp3) is 0.318. The molecule has 0 spiro atoms. The number of amides is 1. The summed E-state index contributed by atoms with van der Waals surface area (Å²) in [4.78, 5) is 37.2. The highest BCUT2D eigenvalue weighted by Gasteiger charge is 2.55. The van der Waals surface area contributed by atoms with Gasteiger partial charge in [0, 0.05) is 6.42 Å². The van der Waals surface area contributed by atoms with Gasteiger partial charge in [0.05, 0.1) is 19.6 Å². The molecule has 8 heteroatoms. The molecule has 1 saturated heterocycles. The normalized spacial score (nSPS) is 19.0. The number of methoxy groups -OCH3 is 1. The molecular weight excluding hydrogens is 390 g/mol. The van der Waals surface area contributed by atoms with Crippen molar-refractivity contribution in [2.45, 2.75) is 24.9 Å². The zero-order valence-electron chi connectivity index (χ0n) is 16.4. The van der Waals surface area contributed by atoms with Gasteiger partial charge in [-0.3, -0.25) is 4.79 Å². The second-order valence-electron chi connectivity index (χ2n) is 6.99. The van der Waals surface area contributed by atoms with E-state index in [0.717, 1.165) is 4.90 Å². The van der Waals surface area contributed by atoms with Gasteiger partial charge >= 0.3 is 11.9 Å². The number of carboxylic acids is 2. The molecular formula is C22H23NO7. The maximum absolute atomic E-state index is 12.7. The SMILES string of the molecule is COc1ccc(OCC[C@H]2C(=O)N(C(Cc3ccccc3)C(=O)O)[C@H]2C(=O)O)cc1. The summed E-state index contributed by atoms with van der Waals surface area (Å²) in [6, 6.07) is 13.3. The summed E-state index contributed by atoms with van der Waals surface area (Å²) in [5.41, 5.74) is 0.716. The molecule has 0 radical (unpaired) electrons. The van der Waals surface area contributed by atoms with Gasteiger partial charge < -0.3 is 24.6 Å². The fourth-order valence-corrected chi connectivity index (χ4v) is 3.61. The highest BCUT2D eigenvalue weighted by molar-refractivity contribution is 5.99. The first-order valence-electron chi connectivity index (χ1n) is 9.51. The average molecular weight is 413 g/mol. The Morgan fingerprint density at radius 2 is 1.67 bits per heavy atom. The minimum Gasteiger partial charge on any atom is -0.497 e. The van der Waals surface area contributed by atoms with Crippen LogP contribution < -0.4 is 9.47 Å². The number of β-lactam (4-membered cyclic amide) rings is 1. The van der Waals surface area contributed by atoms with Crippen molar-refractivity contribution >= 4 is 17.8 Å². The van der Waals surface area contributed by atoms with E-state index in [0.29, 0.717) is 17.1 Å². The van der Waals surface area contributed by atoms with Crippen LogP contribution in [0.2, 0.25) is 0 Å². The lowest BCUT2D eigenvalue weighted by Gasteiger charge is -2.47. The van der Waals surface area contributed by atoms with E-state index in [9.17, 15) is 24.6 Å². The number of aliphatic carboxylic acids is 2. The number of ether oxygens (including phenoxy) is 2. The Balaban J connectivity index is 1.64. The van der Waals surface area contributed by atoms with E-state index >= 15 is 0 Å². The summed E-state index contributed by atoms with van der Waals surface area (Å²) in [6.45, 7) is 0.136. The Kier molecular flexibility index (Phi) is 6.56.